The molecule has 9 heavy (non-hydrogen) atoms. The average Bonchev–Trinajstić information content (AvgIpc) is 1.61. The van der Waals surface area contributed by atoms with Gasteiger partial charge in [-0.05, 0) is 0 Å². The van der Waals surface area contributed by atoms with Gasteiger partial charge in [-0.2, -0.15) is 0 Å². The maximum atomic E-state index is 9.97. The van der Waals surface area contributed by atoms with Crippen molar-refractivity contribution in [2.75, 3.05) is 6.54 Å². The Morgan fingerprint density at radius 3 is 2.22 bits per heavy atom. The van der Waals surface area contributed by atoms with Gasteiger partial charge in [0.25, 0.3) is 0 Å². The van der Waals surface area contributed by atoms with Crippen LogP contribution in [0.1, 0.15) is 8.35 Å². The minimum absolute atomic E-state index is 0. The number of carbonyl (C=O) groups excluding carboxylic acids is 1. The molecule has 1 amide bonds. The predicted octanol–water partition coefficient (Wildman–Crippen LogP) is -3.68. The number of nitrogens with one attached hydrogen (secondary N) is 1. The maximum Gasteiger partial charge on any atom is 1.00 e. The molecule has 0 heterocycles. The van der Waals surface area contributed by atoms with Gasteiger partial charge in [0.15, 0.2) is 0 Å². The summed E-state index contributed by atoms with van der Waals surface area (Å²) in [6, 6.07) is 0. The van der Waals surface area contributed by atoms with Crippen molar-refractivity contribution >= 4 is 11.9 Å². The van der Waals surface area contributed by atoms with Crippen molar-refractivity contribution < 1.29 is 45.7 Å². The monoisotopic (exact) mass is 141 g/mol. The van der Waals surface area contributed by atoms with E-state index in [1.54, 1.807) is 0 Å². The van der Waals surface area contributed by atoms with Gasteiger partial charge in [-0.3, -0.25) is 9.59 Å². The molecule has 2 N–H and O–H groups in total. The number of carboxylic acid groups (broad SMARTS) is 1. The molecule has 5 heteroatoms. The molecular formula is C4H8NNaO3. The molecular weight excluding hydrogens is 133 g/mol. The molecule has 0 saturated carbocycles. The largest absolute Gasteiger partial charge is 1.00 e. The van der Waals surface area contributed by atoms with Crippen molar-refractivity contribution in [2.24, 2.45) is 0 Å². The van der Waals surface area contributed by atoms with E-state index in [1.807, 2.05) is 0 Å². The van der Waals surface area contributed by atoms with Crippen LogP contribution in [0.25, 0.3) is 0 Å². The zero-order chi connectivity index (χ0) is 6.57. The fraction of sp³-hybridized carbons (Fsp3) is 0.500. The van der Waals surface area contributed by atoms with Crippen LogP contribution in [0.2, 0.25) is 0 Å². The van der Waals surface area contributed by atoms with Gasteiger partial charge in [0.05, 0.1) is 0 Å². The number of carboxylic acids is 1. The molecule has 4 nitrogen and oxygen atoms in total. The Morgan fingerprint density at radius 1 is 1.67 bits per heavy atom. The molecule has 0 aromatic heterocycles. The topological polar surface area (TPSA) is 66.4 Å². The van der Waals surface area contributed by atoms with E-state index in [-0.39, 0.29) is 43.4 Å². The molecule has 0 saturated heterocycles. The Kier molecular flexibility index (Phi) is 7.89. The third kappa shape index (κ3) is 11.5. The number of carbonyl (C=O) groups is 2. The molecule has 0 fully saturated rings. The minimum Gasteiger partial charge on any atom is -1.00 e. The summed E-state index contributed by atoms with van der Waals surface area (Å²) in [4.78, 5) is 19.7. The van der Waals surface area contributed by atoms with E-state index < -0.39 is 5.97 Å². The van der Waals surface area contributed by atoms with E-state index in [1.165, 1.54) is 6.92 Å². The Morgan fingerprint density at radius 2 is 2.11 bits per heavy atom. The first-order valence-electron chi connectivity index (χ1n) is 2.09. The summed E-state index contributed by atoms with van der Waals surface area (Å²) in [5.41, 5.74) is 0. The van der Waals surface area contributed by atoms with E-state index in [2.05, 4.69) is 5.32 Å². The molecule has 0 aromatic carbocycles. The Labute approximate surface area is 76.4 Å². The van der Waals surface area contributed by atoms with Gasteiger partial charge in [0.2, 0.25) is 5.91 Å². The van der Waals surface area contributed by atoms with Crippen molar-refractivity contribution in [3.05, 3.63) is 0 Å². The van der Waals surface area contributed by atoms with Crippen LogP contribution in [-0.2, 0) is 9.59 Å². The molecule has 0 aliphatic carbocycles. The number of aliphatic carboxylic acids is 1. The van der Waals surface area contributed by atoms with Crippen LogP contribution in [0.4, 0.5) is 0 Å². The Balaban J connectivity index is -0.000000245. The molecule has 0 radical (unpaired) electrons. The summed E-state index contributed by atoms with van der Waals surface area (Å²) in [5.74, 6) is -1.35. The van der Waals surface area contributed by atoms with Gasteiger partial charge in [-0.1, -0.05) is 0 Å². The van der Waals surface area contributed by atoms with Crippen LogP contribution in [-0.4, -0.2) is 23.5 Å². The fourth-order valence-electron chi connectivity index (χ4n) is 0.200. The van der Waals surface area contributed by atoms with E-state index in [0.29, 0.717) is 0 Å². The van der Waals surface area contributed by atoms with Gasteiger partial charge in [-0.25, -0.2) is 0 Å². The average molecular weight is 141 g/mol. The summed E-state index contributed by atoms with van der Waals surface area (Å²) < 4.78 is 0. The molecule has 0 unspecified atom stereocenters. The van der Waals surface area contributed by atoms with Crippen molar-refractivity contribution in [3.8, 4) is 0 Å². The summed E-state index contributed by atoms with van der Waals surface area (Å²) >= 11 is 0. The van der Waals surface area contributed by atoms with Crippen LogP contribution in [0.3, 0.4) is 0 Å². The van der Waals surface area contributed by atoms with Gasteiger partial charge in [-0.15, -0.1) is 0 Å². The molecule has 0 bridgehead atoms. The second kappa shape index (κ2) is 6.07. The summed E-state index contributed by atoms with van der Waals surface area (Å²) in [6.07, 6.45) is 0. The van der Waals surface area contributed by atoms with Crippen LogP contribution in [0.15, 0.2) is 0 Å². The number of rotatable bonds is 2. The molecule has 0 spiro atoms. The van der Waals surface area contributed by atoms with Crippen LogP contribution in [0, 0.1) is 0 Å². The molecule has 48 valence electrons. The minimum atomic E-state index is -1.03. The van der Waals surface area contributed by atoms with Crippen molar-refractivity contribution in [1.82, 2.24) is 5.32 Å². The van der Waals surface area contributed by atoms with Crippen molar-refractivity contribution in [3.63, 3.8) is 0 Å². The Hall–Kier alpha value is -0.0600. The van der Waals surface area contributed by atoms with E-state index >= 15 is 0 Å². The molecule has 0 aliphatic rings. The van der Waals surface area contributed by atoms with Gasteiger partial charge >= 0.3 is 35.5 Å². The van der Waals surface area contributed by atoms with Crippen molar-refractivity contribution in [2.45, 2.75) is 6.92 Å². The van der Waals surface area contributed by atoms with E-state index in [0.717, 1.165) is 0 Å². The second-order valence-electron chi connectivity index (χ2n) is 1.30. The first-order valence-corrected chi connectivity index (χ1v) is 2.09. The van der Waals surface area contributed by atoms with Gasteiger partial charge in [0, 0.05) is 6.92 Å². The van der Waals surface area contributed by atoms with Crippen LogP contribution >= 0.6 is 0 Å². The van der Waals surface area contributed by atoms with Crippen LogP contribution in [0.5, 0.6) is 0 Å². The van der Waals surface area contributed by atoms with Gasteiger partial charge < -0.3 is 11.8 Å². The Bertz CT molecular complexity index is 105. The zero-order valence-electron chi connectivity index (χ0n) is 6.47. The maximum absolute atomic E-state index is 9.97. The summed E-state index contributed by atoms with van der Waals surface area (Å²) in [6.45, 7) is 0.971. The molecule has 0 aromatic rings. The third-order valence-electron chi connectivity index (χ3n) is 0.489. The smallest absolute Gasteiger partial charge is 1.00 e. The first-order chi connectivity index (χ1) is 3.63. The summed E-state index contributed by atoms with van der Waals surface area (Å²) in [5, 5.41) is 10.1. The second-order valence-corrected chi connectivity index (χ2v) is 1.30. The van der Waals surface area contributed by atoms with Crippen molar-refractivity contribution in [1.29, 1.82) is 0 Å². The predicted molar refractivity (Wildman–Crippen MR) is 27.4 cm³/mol. The normalized spacial score (nSPS) is 7.22. The standard InChI is InChI=1S/C4H7NO3.Na.H/c1-3(6)5-2-4(7)8;;/h2H2,1H3,(H,5,6)(H,7,8);;/q;+1;-1. The number of amides is 1. The number of hydrogen-bond donors (Lipinski definition) is 2. The molecule has 0 atom stereocenters. The number of hydrogen-bond acceptors (Lipinski definition) is 2. The fourth-order valence-corrected chi connectivity index (χ4v) is 0.200. The summed E-state index contributed by atoms with van der Waals surface area (Å²) in [7, 11) is 0. The van der Waals surface area contributed by atoms with Crippen LogP contribution < -0.4 is 34.9 Å². The third-order valence-corrected chi connectivity index (χ3v) is 0.489. The quantitative estimate of drug-likeness (QED) is 0.389. The first kappa shape index (κ1) is 11.7. The van der Waals surface area contributed by atoms with E-state index in [4.69, 9.17) is 5.11 Å². The molecule has 0 aliphatic heterocycles. The van der Waals surface area contributed by atoms with Gasteiger partial charge in [0.1, 0.15) is 6.54 Å². The SMILES string of the molecule is CC(=O)NCC(=O)O.[H-].[Na+]. The zero-order valence-corrected chi connectivity index (χ0v) is 7.47. The van der Waals surface area contributed by atoms with E-state index in [9.17, 15) is 9.59 Å². The molecule has 0 rings (SSSR count).